The first-order valence-electron chi connectivity index (χ1n) is 13.1. The number of anilines is 2. The molecule has 10 heteroatoms. The second-order valence-corrected chi connectivity index (χ2v) is 10.9. The van der Waals surface area contributed by atoms with Gasteiger partial charge in [-0.15, -0.1) is 0 Å². The number of aromatic nitrogens is 3. The zero-order chi connectivity index (χ0) is 25.6. The van der Waals surface area contributed by atoms with Crippen LogP contribution in [0.5, 0.6) is 5.75 Å². The number of amides is 2. The number of piperazine rings is 1. The molecule has 10 nitrogen and oxygen atoms in total. The number of ether oxygens (including phenoxy) is 1. The van der Waals surface area contributed by atoms with Crippen LogP contribution in [-0.4, -0.2) is 75.7 Å². The van der Waals surface area contributed by atoms with Gasteiger partial charge in [0.25, 0.3) is 5.91 Å². The first kappa shape index (κ1) is 23.7. The number of fused-ring (bicyclic) bond motifs is 2. The maximum Gasteiger partial charge on any atom is 0.261 e. The Balaban J connectivity index is 1.22. The van der Waals surface area contributed by atoms with Gasteiger partial charge in [0.2, 0.25) is 5.91 Å². The Hall–Kier alpha value is -3.66. The highest BCUT2D eigenvalue weighted by atomic mass is 16.5. The Kier molecular flexibility index (Phi) is 5.98. The zero-order valence-corrected chi connectivity index (χ0v) is 21.4. The molecule has 6 rings (SSSR count). The van der Waals surface area contributed by atoms with Crippen molar-refractivity contribution in [3.8, 4) is 5.75 Å². The highest BCUT2D eigenvalue weighted by molar-refractivity contribution is 6.09. The van der Waals surface area contributed by atoms with Gasteiger partial charge in [0, 0.05) is 75.6 Å². The van der Waals surface area contributed by atoms with Crippen LogP contribution < -0.4 is 20.3 Å². The standard InChI is InChI=1S/C27H33N7O3/c1-27(2)15-18-13-21(31-26(36)20-16-29-34-8-4-7-28-25(20)34)22(14-23(18)37-27)33-11-9-32(10-12-33)17-19-5-3-6-24(35)30-19/h4,7-8,13-14,16,19H,3,5-6,9-12,15,17H2,1-2H3,(H,30,35)(H,31,36). The summed E-state index contributed by atoms with van der Waals surface area (Å²) >= 11 is 0. The van der Waals surface area contributed by atoms with Gasteiger partial charge >= 0.3 is 0 Å². The van der Waals surface area contributed by atoms with Crippen LogP contribution in [0.3, 0.4) is 0 Å². The first-order chi connectivity index (χ1) is 17.8. The molecular weight excluding hydrogens is 470 g/mol. The van der Waals surface area contributed by atoms with Crippen molar-refractivity contribution in [2.45, 2.75) is 51.2 Å². The second-order valence-electron chi connectivity index (χ2n) is 10.9. The average Bonchev–Trinajstić information content (AvgIpc) is 3.43. The van der Waals surface area contributed by atoms with Gasteiger partial charge in [0.1, 0.15) is 16.9 Å². The van der Waals surface area contributed by atoms with E-state index in [0.29, 0.717) is 17.6 Å². The molecule has 37 heavy (non-hydrogen) atoms. The van der Waals surface area contributed by atoms with E-state index >= 15 is 0 Å². The fourth-order valence-corrected chi connectivity index (χ4v) is 5.68. The normalized spacial score (nSPS) is 21.4. The lowest BCUT2D eigenvalue weighted by Gasteiger charge is -2.39. The molecule has 2 N–H and O–H groups in total. The van der Waals surface area contributed by atoms with Gasteiger partial charge in [-0.05, 0) is 38.8 Å². The number of nitrogens with zero attached hydrogens (tertiary/aromatic N) is 5. The zero-order valence-electron chi connectivity index (χ0n) is 21.4. The van der Waals surface area contributed by atoms with E-state index in [1.54, 1.807) is 29.2 Å². The molecule has 3 aliphatic rings. The molecule has 1 atom stereocenters. The van der Waals surface area contributed by atoms with Crippen molar-refractivity contribution in [2.75, 3.05) is 42.9 Å². The Morgan fingerprint density at radius 1 is 1.24 bits per heavy atom. The fraction of sp³-hybridized carbons (Fsp3) is 0.481. The number of benzene rings is 1. The highest BCUT2D eigenvalue weighted by Crippen LogP contribution is 2.42. The predicted molar refractivity (Wildman–Crippen MR) is 140 cm³/mol. The van der Waals surface area contributed by atoms with Crippen LogP contribution in [0.1, 0.15) is 49.0 Å². The maximum atomic E-state index is 13.4. The molecule has 3 aromatic rings. The molecule has 3 aliphatic heterocycles. The Morgan fingerprint density at radius 2 is 2.08 bits per heavy atom. The molecule has 0 bridgehead atoms. The van der Waals surface area contributed by atoms with Crippen molar-refractivity contribution in [3.63, 3.8) is 0 Å². The quantitative estimate of drug-likeness (QED) is 0.551. The predicted octanol–water partition coefficient (Wildman–Crippen LogP) is 2.49. The summed E-state index contributed by atoms with van der Waals surface area (Å²) in [6.45, 7) is 8.47. The molecule has 0 spiro atoms. The van der Waals surface area contributed by atoms with Crippen LogP contribution in [0.4, 0.5) is 11.4 Å². The molecule has 2 amide bonds. The number of hydrogen-bond acceptors (Lipinski definition) is 7. The summed E-state index contributed by atoms with van der Waals surface area (Å²) in [5.74, 6) is 0.806. The molecule has 2 aromatic heterocycles. The molecule has 0 saturated carbocycles. The van der Waals surface area contributed by atoms with E-state index < -0.39 is 0 Å². The molecule has 194 valence electrons. The third-order valence-electron chi connectivity index (χ3n) is 7.47. The Morgan fingerprint density at radius 3 is 2.89 bits per heavy atom. The van der Waals surface area contributed by atoms with Crippen LogP contribution >= 0.6 is 0 Å². The van der Waals surface area contributed by atoms with Crippen molar-refractivity contribution >= 4 is 28.8 Å². The third kappa shape index (κ3) is 4.85. The maximum absolute atomic E-state index is 13.4. The van der Waals surface area contributed by atoms with Gasteiger partial charge in [-0.1, -0.05) is 0 Å². The molecular formula is C27H33N7O3. The minimum Gasteiger partial charge on any atom is -0.487 e. The van der Waals surface area contributed by atoms with Crippen molar-refractivity contribution < 1.29 is 14.3 Å². The van der Waals surface area contributed by atoms with Crippen molar-refractivity contribution in [1.29, 1.82) is 0 Å². The van der Waals surface area contributed by atoms with Gasteiger partial charge in [-0.25, -0.2) is 9.50 Å². The van der Waals surface area contributed by atoms with Gasteiger partial charge in [0.15, 0.2) is 5.65 Å². The number of hydrogen-bond donors (Lipinski definition) is 2. The van der Waals surface area contributed by atoms with Gasteiger partial charge < -0.3 is 20.3 Å². The summed E-state index contributed by atoms with van der Waals surface area (Å²) in [5, 5.41) is 10.5. The van der Waals surface area contributed by atoms with Crippen molar-refractivity contribution in [3.05, 3.63) is 47.9 Å². The molecule has 2 fully saturated rings. The van der Waals surface area contributed by atoms with Crippen LogP contribution in [0.15, 0.2) is 36.8 Å². The van der Waals surface area contributed by atoms with Crippen molar-refractivity contribution in [1.82, 2.24) is 24.8 Å². The lowest BCUT2D eigenvalue weighted by atomic mass is 10.0. The largest absolute Gasteiger partial charge is 0.487 e. The highest BCUT2D eigenvalue weighted by Gasteiger charge is 2.33. The summed E-state index contributed by atoms with van der Waals surface area (Å²) < 4.78 is 7.83. The van der Waals surface area contributed by atoms with Crippen LogP contribution in [0.25, 0.3) is 5.65 Å². The number of carbonyl (C=O) groups excluding carboxylic acids is 2. The minimum absolute atomic E-state index is 0.165. The average molecular weight is 504 g/mol. The number of rotatable bonds is 5. The van der Waals surface area contributed by atoms with Gasteiger partial charge in [-0.2, -0.15) is 5.10 Å². The molecule has 1 unspecified atom stereocenters. The lowest BCUT2D eigenvalue weighted by molar-refractivity contribution is -0.123. The van der Waals surface area contributed by atoms with Crippen LogP contribution in [0.2, 0.25) is 0 Å². The summed E-state index contributed by atoms with van der Waals surface area (Å²) in [7, 11) is 0. The molecule has 0 aliphatic carbocycles. The number of nitrogens with one attached hydrogen (secondary N) is 2. The monoisotopic (exact) mass is 503 g/mol. The van der Waals surface area contributed by atoms with Crippen LogP contribution in [-0.2, 0) is 11.2 Å². The van der Waals surface area contributed by atoms with E-state index in [9.17, 15) is 9.59 Å². The summed E-state index contributed by atoms with van der Waals surface area (Å²) in [5.41, 5.74) is 3.50. The van der Waals surface area contributed by atoms with E-state index in [-0.39, 0.29) is 23.5 Å². The van der Waals surface area contributed by atoms with Crippen LogP contribution in [0, 0.1) is 0 Å². The van der Waals surface area contributed by atoms with E-state index in [4.69, 9.17) is 4.74 Å². The van der Waals surface area contributed by atoms with Gasteiger partial charge in [0.05, 0.1) is 17.6 Å². The topological polar surface area (TPSA) is 104 Å². The fourth-order valence-electron chi connectivity index (χ4n) is 5.68. The lowest BCUT2D eigenvalue weighted by Crippen LogP contribution is -2.52. The molecule has 5 heterocycles. The van der Waals surface area contributed by atoms with E-state index in [2.05, 4.69) is 56.5 Å². The molecule has 0 radical (unpaired) electrons. The smallest absolute Gasteiger partial charge is 0.261 e. The van der Waals surface area contributed by atoms with E-state index in [1.807, 2.05) is 0 Å². The number of piperidine rings is 1. The van der Waals surface area contributed by atoms with E-state index in [1.165, 1.54) is 0 Å². The number of carbonyl (C=O) groups is 2. The summed E-state index contributed by atoms with van der Waals surface area (Å²) in [6, 6.07) is 6.15. The summed E-state index contributed by atoms with van der Waals surface area (Å²) in [6.07, 6.45) is 8.42. The van der Waals surface area contributed by atoms with E-state index in [0.717, 1.165) is 74.7 Å². The Bertz CT molecular complexity index is 1340. The van der Waals surface area contributed by atoms with Gasteiger partial charge in [-0.3, -0.25) is 14.5 Å². The summed E-state index contributed by atoms with van der Waals surface area (Å²) in [4.78, 5) is 34.2. The SMILES string of the molecule is CC1(C)Cc2cc(NC(=O)c3cnn4cccnc34)c(N3CCN(CC4CCCC(=O)N4)CC3)cc2O1. The molecule has 2 saturated heterocycles. The van der Waals surface area contributed by atoms with Crippen molar-refractivity contribution in [2.24, 2.45) is 0 Å². The third-order valence-corrected chi connectivity index (χ3v) is 7.47. The first-order valence-corrected chi connectivity index (χ1v) is 13.1. The minimum atomic E-state index is -0.280. The second kappa shape index (κ2) is 9.33. The Labute approximate surface area is 216 Å². The molecule has 1 aromatic carbocycles.